The van der Waals surface area contributed by atoms with Gasteiger partial charge in [-0.3, -0.25) is 4.79 Å². The van der Waals surface area contributed by atoms with E-state index >= 15 is 0 Å². The van der Waals surface area contributed by atoms with Crippen LogP contribution in [-0.4, -0.2) is 50.2 Å². The van der Waals surface area contributed by atoms with Crippen molar-refractivity contribution < 1.29 is 18.7 Å². The van der Waals surface area contributed by atoms with Crippen LogP contribution in [0.3, 0.4) is 0 Å². The first-order chi connectivity index (χ1) is 15.0. The van der Waals surface area contributed by atoms with Crippen LogP contribution in [0, 0.1) is 11.7 Å². The van der Waals surface area contributed by atoms with Gasteiger partial charge in [0.1, 0.15) is 5.82 Å². The van der Waals surface area contributed by atoms with Gasteiger partial charge in [-0.05, 0) is 48.7 Å². The van der Waals surface area contributed by atoms with E-state index in [0.717, 1.165) is 5.56 Å². The van der Waals surface area contributed by atoms with E-state index < -0.39 is 0 Å². The summed E-state index contributed by atoms with van der Waals surface area (Å²) in [6.07, 6.45) is 3.37. The minimum atomic E-state index is -0.229. The number of nitrogens with zero attached hydrogens (tertiary/aromatic N) is 2. The molecular weight excluding hydrogens is 395 g/mol. The zero-order chi connectivity index (χ0) is 22.2. The SMILES string of the molecule is CCOc1cc(/C=C/C(=O)N2CCN(c3ccccc3F)CC2)ccc1OCC(C)C. The molecule has 2 aromatic carbocycles. The van der Waals surface area contributed by atoms with Crippen molar-refractivity contribution in [3.8, 4) is 11.5 Å². The Labute approximate surface area is 184 Å². The first-order valence-electron chi connectivity index (χ1n) is 10.8. The van der Waals surface area contributed by atoms with Gasteiger partial charge in [0.2, 0.25) is 5.91 Å². The van der Waals surface area contributed by atoms with Gasteiger partial charge in [0.15, 0.2) is 11.5 Å². The summed E-state index contributed by atoms with van der Waals surface area (Å²) >= 11 is 0. The molecule has 0 radical (unpaired) electrons. The topological polar surface area (TPSA) is 42.0 Å². The third-order valence-electron chi connectivity index (χ3n) is 5.04. The highest BCUT2D eigenvalue weighted by molar-refractivity contribution is 5.92. The Hall–Kier alpha value is -3.02. The molecule has 1 fully saturated rings. The molecular formula is C25H31FN2O3. The van der Waals surface area contributed by atoms with Crippen molar-refractivity contribution in [2.45, 2.75) is 20.8 Å². The van der Waals surface area contributed by atoms with E-state index in [4.69, 9.17) is 9.47 Å². The highest BCUT2D eigenvalue weighted by Gasteiger charge is 2.21. The van der Waals surface area contributed by atoms with Gasteiger partial charge in [-0.2, -0.15) is 0 Å². The summed E-state index contributed by atoms with van der Waals surface area (Å²) in [6, 6.07) is 12.4. The average molecular weight is 427 g/mol. The average Bonchev–Trinajstić information content (AvgIpc) is 2.77. The van der Waals surface area contributed by atoms with Crippen LogP contribution in [0.5, 0.6) is 11.5 Å². The van der Waals surface area contributed by atoms with Gasteiger partial charge >= 0.3 is 0 Å². The Bertz CT molecular complexity index is 905. The zero-order valence-corrected chi connectivity index (χ0v) is 18.5. The normalized spacial score (nSPS) is 14.4. The van der Waals surface area contributed by atoms with Gasteiger partial charge in [-0.25, -0.2) is 4.39 Å². The van der Waals surface area contributed by atoms with Crippen molar-refractivity contribution in [2.24, 2.45) is 5.92 Å². The molecule has 1 aliphatic rings. The quantitative estimate of drug-likeness (QED) is 0.578. The summed E-state index contributed by atoms with van der Waals surface area (Å²) in [7, 11) is 0. The summed E-state index contributed by atoms with van der Waals surface area (Å²) in [4.78, 5) is 16.4. The number of carbonyl (C=O) groups excluding carboxylic acids is 1. The van der Waals surface area contributed by atoms with Crippen molar-refractivity contribution in [1.82, 2.24) is 4.90 Å². The van der Waals surface area contributed by atoms with E-state index in [1.165, 1.54) is 6.07 Å². The Morgan fingerprint density at radius 2 is 1.81 bits per heavy atom. The predicted octanol–water partition coefficient (Wildman–Crippen LogP) is 4.62. The van der Waals surface area contributed by atoms with Crippen LogP contribution in [0.15, 0.2) is 48.5 Å². The molecule has 166 valence electrons. The summed E-state index contributed by atoms with van der Waals surface area (Å²) in [6.45, 7) is 9.61. The number of ether oxygens (including phenoxy) is 2. The fraction of sp³-hybridized carbons (Fsp3) is 0.400. The van der Waals surface area contributed by atoms with Gasteiger partial charge in [0.25, 0.3) is 0 Å². The van der Waals surface area contributed by atoms with E-state index in [-0.39, 0.29) is 11.7 Å². The Balaban J connectivity index is 1.59. The van der Waals surface area contributed by atoms with Crippen LogP contribution in [-0.2, 0) is 4.79 Å². The monoisotopic (exact) mass is 426 g/mol. The highest BCUT2D eigenvalue weighted by atomic mass is 19.1. The van der Waals surface area contributed by atoms with Gasteiger partial charge in [0, 0.05) is 32.3 Å². The lowest BCUT2D eigenvalue weighted by molar-refractivity contribution is -0.126. The highest BCUT2D eigenvalue weighted by Crippen LogP contribution is 2.29. The van der Waals surface area contributed by atoms with Gasteiger partial charge in [0.05, 0.1) is 18.9 Å². The smallest absolute Gasteiger partial charge is 0.246 e. The molecule has 0 unspecified atom stereocenters. The maximum atomic E-state index is 14.0. The molecule has 1 aliphatic heterocycles. The van der Waals surface area contributed by atoms with Crippen LogP contribution >= 0.6 is 0 Å². The number of piperazine rings is 1. The maximum absolute atomic E-state index is 14.0. The third-order valence-corrected chi connectivity index (χ3v) is 5.04. The number of para-hydroxylation sites is 1. The van der Waals surface area contributed by atoms with E-state index in [1.54, 1.807) is 29.2 Å². The number of hydrogen-bond donors (Lipinski definition) is 0. The number of benzene rings is 2. The van der Waals surface area contributed by atoms with Crippen molar-refractivity contribution >= 4 is 17.7 Å². The summed E-state index contributed by atoms with van der Waals surface area (Å²) in [5.74, 6) is 1.53. The van der Waals surface area contributed by atoms with Crippen LogP contribution < -0.4 is 14.4 Å². The molecule has 1 heterocycles. The van der Waals surface area contributed by atoms with Crippen molar-refractivity contribution in [1.29, 1.82) is 0 Å². The van der Waals surface area contributed by atoms with E-state index in [9.17, 15) is 9.18 Å². The summed E-state index contributed by atoms with van der Waals surface area (Å²) in [5.41, 5.74) is 1.46. The predicted molar refractivity (Wildman–Crippen MR) is 122 cm³/mol. The first kappa shape index (κ1) is 22.7. The number of rotatable bonds is 8. The minimum Gasteiger partial charge on any atom is -0.490 e. The lowest BCUT2D eigenvalue weighted by atomic mass is 10.1. The maximum Gasteiger partial charge on any atom is 0.246 e. The molecule has 0 atom stereocenters. The lowest BCUT2D eigenvalue weighted by Crippen LogP contribution is -2.48. The van der Waals surface area contributed by atoms with Gasteiger partial charge < -0.3 is 19.3 Å². The molecule has 3 rings (SSSR count). The number of amides is 1. The molecule has 0 aliphatic carbocycles. The molecule has 1 saturated heterocycles. The van der Waals surface area contributed by atoms with Gasteiger partial charge in [-0.1, -0.05) is 32.0 Å². The second-order valence-corrected chi connectivity index (χ2v) is 7.94. The van der Waals surface area contributed by atoms with Crippen molar-refractivity contribution in [3.63, 3.8) is 0 Å². The molecule has 6 heteroatoms. The molecule has 0 saturated carbocycles. The van der Waals surface area contributed by atoms with Crippen molar-refractivity contribution in [3.05, 3.63) is 59.9 Å². The van der Waals surface area contributed by atoms with E-state index in [0.29, 0.717) is 62.5 Å². The molecule has 2 aromatic rings. The zero-order valence-electron chi connectivity index (χ0n) is 18.5. The van der Waals surface area contributed by atoms with Crippen LogP contribution in [0.2, 0.25) is 0 Å². The Morgan fingerprint density at radius 1 is 1.06 bits per heavy atom. The molecule has 0 bridgehead atoms. The molecule has 1 amide bonds. The second-order valence-electron chi connectivity index (χ2n) is 7.94. The fourth-order valence-electron chi connectivity index (χ4n) is 3.42. The van der Waals surface area contributed by atoms with E-state index in [2.05, 4.69) is 13.8 Å². The summed E-state index contributed by atoms with van der Waals surface area (Å²) < 4.78 is 25.5. The molecule has 31 heavy (non-hydrogen) atoms. The number of hydrogen-bond acceptors (Lipinski definition) is 4. The summed E-state index contributed by atoms with van der Waals surface area (Å²) in [5, 5.41) is 0. The molecule has 0 spiro atoms. The largest absolute Gasteiger partial charge is 0.490 e. The second kappa shape index (κ2) is 10.8. The molecule has 0 aromatic heterocycles. The van der Waals surface area contributed by atoms with Crippen LogP contribution in [0.4, 0.5) is 10.1 Å². The minimum absolute atomic E-state index is 0.0497. The number of halogens is 1. The van der Waals surface area contributed by atoms with E-state index in [1.807, 2.05) is 36.1 Å². The van der Waals surface area contributed by atoms with Gasteiger partial charge in [-0.15, -0.1) is 0 Å². The lowest BCUT2D eigenvalue weighted by Gasteiger charge is -2.35. The fourth-order valence-corrected chi connectivity index (χ4v) is 3.42. The Morgan fingerprint density at radius 3 is 2.48 bits per heavy atom. The van der Waals surface area contributed by atoms with Crippen molar-refractivity contribution in [2.75, 3.05) is 44.3 Å². The van der Waals surface area contributed by atoms with Crippen LogP contribution in [0.1, 0.15) is 26.3 Å². The number of carbonyl (C=O) groups is 1. The third kappa shape index (κ3) is 6.23. The molecule has 5 nitrogen and oxygen atoms in total. The standard InChI is InChI=1S/C25H31FN2O3/c1-4-30-24-17-20(9-11-23(24)31-18-19(2)3)10-12-25(29)28-15-13-27(14-16-28)22-8-6-5-7-21(22)26/h5-12,17,19H,4,13-16,18H2,1-3H3/b12-10+. The first-order valence-corrected chi connectivity index (χ1v) is 10.8. The Kier molecular flexibility index (Phi) is 7.93. The molecule has 0 N–H and O–H groups in total. The number of anilines is 1. The van der Waals surface area contributed by atoms with Crippen LogP contribution in [0.25, 0.3) is 6.08 Å².